The van der Waals surface area contributed by atoms with E-state index in [-0.39, 0.29) is 18.4 Å². The van der Waals surface area contributed by atoms with Crippen molar-refractivity contribution < 1.29 is 23.7 Å². The van der Waals surface area contributed by atoms with Crippen LogP contribution in [-0.2, 0) is 11.3 Å². The van der Waals surface area contributed by atoms with Gasteiger partial charge in [0.15, 0.2) is 0 Å². The van der Waals surface area contributed by atoms with Crippen molar-refractivity contribution in [2.45, 2.75) is 89.7 Å². The third-order valence-electron chi connectivity index (χ3n) is 8.47. The zero-order valence-electron chi connectivity index (χ0n) is 24.4. The van der Waals surface area contributed by atoms with E-state index in [1.54, 1.807) is 18.7 Å². The normalized spacial score (nSPS) is 19.5. The fourth-order valence-electron chi connectivity index (χ4n) is 6.08. The molecule has 3 aromatic rings. The lowest BCUT2D eigenvalue weighted by atomic mass is 9.83. The van der Waals surface area contributed by atoms with Crippen LogP contribution < -0.4 is 14.2 Å². The third kappa shape index (κ3) is 7.80. The van der Waals surface area contributed by atoms with Gasteiger partial charge in [0.25, 0.3) is 0 Å². The fraction of sp³-hybridized carbons (Fsp3) is 0.545. The average molecular weight is 562 g/mol. The Bertz CT molecular complexity index is 1230. The number of esters is 1. The van der Waals surface area contributed by atoms with Crippen LogP contribution in [0.5, 0.6) is 17.4 Å². The van der Waals surface area contributed by atoms with Crippen molar-refractivity contribution in [3.8, 4) is 17.4 Å². The summed E-state index contributed by atoms with van der Waals surface area (Å²) in [5.74, 6) is 2.93. The highest BCUT2D eigenvalue weighted by atomic mass is 16.5. The summed E-state index contributed by atoms with van der Waals surface area (Å²) < 4.78 is 24.6. The van der Waals surface area contributed by atoms with E-state index in [2.05, 4.69) is 34.6 Å². The second kappa shape index (κ2) is 14.4. The number of nitrogens with zero attached hydrogens (tertiary/aromatic N) is 3. The number of rotatable bonds is 12. The number of carbonyl (C=O) groups is 1. The van der Waals surface area contributed by atoms with Crippen LogP contribution in [0.3, 0.4) is 0 Å². The second-order valence-corrected chi connectivity index (χ2v) is 11.3. The topological polar surface area (TPSA) is 84.7 Å². The standard InChI is InChI=1S/C33H43N3O5/c1-3-39-33(37)31-32(36(35-34-31)23-25-9-15-28(38-2)16-10-25)41-30-19-13-27(14-20-30)26-11-17-29(18-12-26)40-22-21-24-7-5-4-6-8-24/h9-12,15-18,24,27,30H,3-8,13-14,19-23H2,1-2H3. The number of ether oxygens (including phenoxy) is 4. The molecule has 1 aromatic heterocycles. The quantitative estimate of drug-likeness (QED) is 0.221. The molecule has 0 saturated heterocycles. The van der Waals surface area contributed by atoms with Crippen molar-refractivity contribution in [2.24, 2.45) is 5.92 Å². The van der Waals surface area contributed by atoms with Gasteiger partial charge in [-0.3, -0.25) is 0 Å². The van der Waals surface area contributed by atoms with E-state index < -0.39 is 5.97 Å². The van der Waals surface area contributed by atoms with Gasteiger partial charge in [-0.1, -0.05) is 61.6 Å². The minimum Gasteiger partial charge on any atom is -0.497 e. The van der Waals surface area contributed by atoms with E-state index in [0.717, 1.165) is 61.7 Å². The molecule has 8 heteroatoms. The van der Waals surface area contributed by atoms with Crippen LogP contribution >= 0.6 is 0 Å². The van der Waals surface area contributed by atoms with E-state index in [0.29, 0.717) is 18.3 Å². The molecule has 2 saturated carbocycles. The molecule has 0 bridgehead atoms. The summed E-state index contributed by atoms with van der Waals surface area (Å²) in [7, 11) is 1.64. The largest absolute Gasteiger partial charge is 0.497 e. The highest BCUT2D eigenvalue weighted by molar-refractivity contribution is 5.89. The molecule has 0 atom stereocenters. The Morgan fingerprint density at radius 2 is 1.61 bits per heavy atom. The maximum absolute atomic E-state index is 12.6. The van der Waals surface area contributed by atoms with E-state index in [1.165, 1.54) is 37.7 Å². The Labute approximate surface area is 243 Å². The first-order chi connectivity index (χ1) is 20.1. The minimum absolute atomic E-state index is 0.0186. The lowest BCUT2D eigenvalue weighted by Gasteiger charge is -2.29. The van der Waals surface area contributed by atoms with E-state index >= 15 is 0 Å². The van der Waals surface area contributed by atoms with Crippen LogP contribution in [-0.4, -0.2) is 47.4 Å². The van der Waals surface area contributed by atoms with Crippen LogP contribution in [0.1, 0.15) is 98.7 Å². The Morgan fingerprint density at radius 1 is 0.902 bits per heavy atom. The first-order valence-electron chi connectivity index (χ1n) is 15.3. The molecule has 41 heavy (non-hydrogen) atoms. The number of aromatic nitrogens is 3. The summed E-state index contributed by atoms with van der Waals surface area (Å²) >= 11 is 0. The summed E-state index contributed by atoms with van der Waals surface area (Å²) in [5, 5.41) is 8.36. The predicted molar refractivity (Wildman–Crippen MR) is 157 cm³/mol. The summed E-state index contributed by atoms with van der Waals surface area (Å²) in [4.78, 5) is 12.6. The molecule has 220 valence electrons. The molecule has 5 rings (SSSR count). The van der Waals surface area contributed by atoms with Crippen molar-refractivity contribution in [2.75, 3.05) is 20.3 Å². The Balaban J connectivity index is 1.16. The first-order valence-corrected chi connectivity index (χ1v) is 15.3. The van der Waals surface area contributed by atoms with Crippen LogP contribution in [0.25, 0.3) is 0 Å². The van der Waals surface area contributed by atoms with E-state index in [9.17, 15) is 4.79 Å². The van der Waals surface area contributed by atoms with Gasteiger partial charge in [0.1, 0.15) is 17.6 Å². The highest BCUT2D eigenvalue weighted by Gasteiger charge is 2.29. The van der Waals surface area contributed by atoms with Crippen LogP contribution in [0.15, 0.2) is 48.5 Å². The molecule has 0 unspecified atom stereocenters. The zero-order chi connectivity index (χ0) is 28.4. The van der Waals surface area contributed by atoms with E-state index in [1.807, 2.05) is 24.3 Å². The van der Waals surface area contributed by atoms with Crippen molar-refractivity contribution >= 4 is 5.97 Å². The molecule has 0 aliphatic heterocycles. The number of carbonyl (C=O) groups excluding carboxylic acids is 1. The average Bonchev–Trinajstić information content (AvgIpc) is 3.40. The smallest absolute Gasteiger partial charge is 0.364 e. The van der Waals surface area contributed by atoms with Crippen molar-refractivity contribution in [1.29, 1.82) is 0 Å². The Morgan fingerprint density at radius 3 is 2.29 bits per heavy atom. The van der Waals surface area contributed by atoms with Gasteiger partial charge in [0, 0.05) is 0 Å². The lowest BCUT2D eigenvalue weighted by Crippen LogP contribution is -2.25. The molecule has 2 aliphatic rings. The molecule has 1 heterocycles. The number of hydrogen-bond acceptors (Lipinski definition) is 7. The van der Waals surface area contributed by atoms with E-state index in [4.69, 9.17) is 18.9 Å². The van der Waals surface area contributed by atoms with Gasteiger partial charge in [-0.15, -0.1) is 5.10 Å². The zero-order valence-corrected chi connectivity index (χ0v) is 24.4. The van der Waals surface area contributed by atoms with Crippen LogP contribution in [0.4, 0.5) is 0 Å². The first kappa shape index (κ1) is 29.0. The van der Waals surface area contributed by atoms with Crippen LogP contribution in [0, 0.1) is 5.92 Å². The molecular formula is C33H43N3O5. The molecule has 2 fully saturated rings. The van der Waals surface area contributed by atoms with Gasteiger partial charge in [-0.2, -0.15) is 0 Å². The maximum Gasteiger partial charge on any atom is 0.364 e. The monoisotopic (exact) mass is 561 g/mol. The van der Waals surface area contributed by atoms with Gasteiger partial charge < -0.3 is 18.9 Å². The molecule has 0 N–H and O–H groups in total. The number of methoxy groups -OCH3 is 1. The van der Waals surface area contributed by atoms with Gasteiger partial charge >= 0.3 is 5.97 Å². The number of benzene rings is 2. The Hall–Kier alpha value is -3.55. The third-order valence-corrected chi connectivity index (χ3v) is 8.47. The van der Waals surface area contributed by atoms with Crippen molar-refractivity contribution in [3.05, 3.63) is 65.4 Å². The summed E-state index contributed by atoms with van der Waals surface area (Å²) in [6.45, 7) is 3.27. The van der Waals surface area contributed by atoms with Crippen LogP contribution in [0.2, 0.25) is 0 Å². The summed E-state index contributed by atoms with van der Waals surface area (Å²) in [6, 6.07) is 16.4. The second-order valence-electron chi connectivity index (χ2n) is 11.3. The molecule has 2 aromatic carbocycles. The van der Waals surface area contributed by atoms with Gasteiger partial charge in [0.05, 0.1) is 26.9 Å². The van der Waals surface area contributed by atoms with Crippen molar-refractivity contribution in [3.63, 3.8) is 0 Å². The van der Waals surface area contributed by atoms with Crippen molar-refractivity contribution in [1.82, 2.24) is 15.0 Å². The Kier molecular flexibility index (Phi) is 10.2. The molecular weight excluding hydrogens is 518 g/mol. The number of hydrogen-bond donors (Lipinski definition) is 0. The summed E-state index contributed by atoms with van der Waals surface area (Å²) in [5.41, 5.74) is 2.48. The summed E-state index contributed by atoms with van der Waals surface area (Å²) in [6.07, 6.45) is 11.8. The minimum atomic E-state index is -0.516. The maximum atomic E-state index is 12.6. The predicted octanol–water partition coefficient (Wildman–Crippen LogP) is 6.97. The van der Waals surface area contributed by atoms with Gasteiger partial charge in [0.2, 0.25) is 11.6 Å². The fourth-order valence-corrected chi connectivity index (χ4v) is 6.08. The molecule has 0 spiro atoms. The SMILES string of the molecule is CCOC(=O)c1nnn(Cc2ccc(OC)cc2)c1OC1CCC(c2ccc(OCCC3CCCCC3)cc2)CC1. The highest BCUT2D eigenvalue weighted by Crippen LogP contribution is 2.36. The molecule has 2 aliphatic carbocycles. The lowest BCUT2D eigenvalue weighted by molar-refractivity contribution is 0.0507. The van der Waals surface area contributed by atoms with Gasteiger partial charge in [-0.25, -0.2) is 9.48 Å². The molecule has 0 amide bonds. The molecule has 0 radical (unpaired) electrons. The molecule has 8 nitrogen and oxygen atoms in total. The van der Waals surface area contributed by atoms with Gasteiger partial charge in [-0.05, 0) is 86.3 Å².